The summed E-state index contributed by atoms with van der Waals surface area (Å²) in [6, 6.07) is 0.211. The van der Waals surface area contributed by atoms with Gasteiger partial charge in [-0.2, -0.15) is 0 Å². The summed E-state index contributed by atoms with van der Waals surface area (Å²) in [5.74, 6) is -0.00403. The van der Waals surface area contributed by atoms with Gasteiger partial charge in [0, 0.05) is 29.9 Å². The molecule has 3 N–H and O–H groups in total. The summed E-state index contributed by atoms with van der Waals surface area (Å²) >= 11 is 1.35. The molecule has 7 heteroatoms. The number of thiazole rings is 1. The minimum absolute atomic E-state index is 0.0749. The van der Waals surface area contributed by atoms with Crippen LogP contribution in [0.5, 0.6) is 0 Å². The van der Waals surface area contributed by atoms with Crippen LogP contribution < -0.4 is 11.1 Å². The Morgan fingerprint density at radius 2 is 2.05 bits per heavy atom. The molecule has 1 saturated heterocycles. The number of rotatable bonds is 3. The largest absolute Gasteiger partial charge is 0.342 e. The van der Waals surface area contributed by atoms with E-state index in [9.17, 15) is 9.59 Å². The van der Waals surface area contributed by atoms with Crippen molar-refractivity contribution in [2.45, 2.75) is 46.1 Å². The van der Waals surface area contributed by atoms with Gasteiger partial charge in [-0.1, -0.05) is 20.8 Å². The van der Waals surface area contributed by atoms with Crippen molar-refractivity contribution in [3.63, 3.8) is 0 Å². The van der Waals surface area contributed by atoms with Crippen molar-refractivity contribution in [2.75, 3.05) is 18.4 Å². The molecule has 2 heterocycles. The topological polar surface area (TPSA) is 88.3 Å². The Kier molecular flexibility index (Phi) is 5.18. The molecule has 22 heavy (non-hydrogen) atoms. The molecule has 0 aliphatic carbocycles. The molecule has 0 atom stereocenters. The highest BCUT2D eigenvalue weighted by Crippen LogP contribution is 2.21. The van der Waals surface area contributed by atoms with Crippen LogP contribution in [0.4, 0.5) is 5.13 Å². The molecular weight excluding hydrogens is 300 g/mol. The maximum Gasteiger partial charge on any atom is 0.231 e. The summed E-state index contributed by atoms with van der Waals surface area (Å²) in [5.41, 5.74) is 6.08. The highest BCUT2D eigenvalue weighted by molar-refractivity contribution is 7.13. The fraction of sp³-hybridized carbons (Fsp3) is 0.667. The molecule has 1 aliphatic rings. The lowest BCUT2D eigenvalue weighted by atomic mass is 9.96. The van der Waals surface area contributed by atoms with Gasteiger partial charge < -0.3 is 16.0 Å². The van der Waals surface area contributed by atoms with Crippen LogP contribution in [0, 0.1) is 5.41 Å². The number of aromatic nitrogens is 1. The second-order valence-electron chi connectivity index (χ2n) is 6.74. The summed E-state index contributed by atoms with van der Waals surface area (Å²) in [6.07, 6.45) is 1.99. The van der Waals surface area contributed by atoms with Crippen LogP contribution in [0.1, 0.15) is 39.3 Å². The fourth-order valence-corrected chi connectivity index (χ4v) is 2.85. The van der Waals surface area contributed by atoms with Gasteiger partial charge >= 0.3 is 0 Å². The molecule has 2 amide bonds. The molecule has 2 rings (SSSR count). The number of hydrogen-bond acceptors (Lipinski definition) is 5. The van der Waals surface area contributed by atoms with E-state index in [1.165, 1.54) is 11.3 Å². The normalized spacial score (nSPS) is 16.6. The predicted octanol–water partition coefficient (Wildman–Crippen LogP) is 1.62. The third-order valence-corrected chi connectivity index (χ3v) is 4.48. The van der Waals surface area contributed by atoms with Gasteiger partial charge in [0.05, 0.1) is 12.1 Å². The molecule has 0 radical (unpaired) electrons. The van der Waals surface area contributed by atoms with Gasteiger partial charge in [-0.15, -0.1) is 11.3 Å². The van der Waals surface area contributed by atoms with Crippen LogP contribution in [0.15, 0.2) is 5.38 Å². The van der Waals surface area contributed by atoms with E-state index in [0.29, 0.717) is 10.8 Å². The first-order chi connectivity index (χ1) is 10.3. The van der Waals surface area contributed by atoms with E-state index >= 15 is 0 Å². The standard InChI is InChI=1S/C15H24N4O2S/c1-15(2,3)13(21)18-14-17-11(9-22-14)8-12(20)19-6-4-10(16)5-7-19/h9-10H,4-8,16H2,1-3H3,(H,17,18,21). The number of piperidine rings is 1. The van der Waals surface area contributed by atoms with Gasteiger partial charge in [0.1, 0.15) is 0 Å². The molecule has 1 aromatic rings. The first kappa shape index (κ1) is 16.9. The molecular formula is C15H24N4O2S. The fourth-order valence-electron chi connectivity index (χ4n) is 2.15. The van der Waals surface area contributed by atoms with Gasteiger partial charge in [0.25, 0.3) is 0 Å². The Bertz CT molecular complexity index is 542. The number of likely N-dealkylation sites (tertiary alicyclic amines) is 1. The van der Waals surface area contributed by atoms with Crippen LogP contribution >= 0.6 is 11.3 Å². The van der Waals surface area contributed by atoms with Crippen molar-refractivity contribution < 1.29 is 9.59 Å². The van der Waals surface area contributed by atoms with E-state index in [1.54, 1.807) is 0 Å². The summed E-state index contributed by atoms with van der Waals surface area (Å²) < 4.78 is 0. The van der Waals surface area contributed by atoms with Crippen LogP contribution in [0.25, 0.3) is 0 Å². The quantitative estimate of drug-likeness (QED) is 0.884. The molecule has 1 aromatic heterocycles. The number of nitrogens with zero attached hydrogens (tertiary/aromatic N) is 2. The molecule has 122 valence electrons. The van der Waals surface area contributed by atoms with Crippen molar-refractivity contribution in [1.82, 2.24) is 9.88 Å². The zero-order chi connectivity index (χ0) is 16.3. The minimum atomic E-state index is -0.464. The number of carbonyl (C=O) groups is 2. The van der Waals surface area contributed by atoms with Crippen LogP contribution in [0.2, 0.25) is 0 Å². The van der Waals surface area contributed by atoms with E-state index in [0.717, 1.165) is 25.9 Å². The highest BCUT2D eigenvalue weighted by atomic mass is 32.1. The van der Waals surface area contributed by atoms with Gasteiger partial charge in [0.15, 0.2) is 5.13 Å². The lowest BCUT2D eigenvalue weighted by Crippen LogP contribution is -2.43. The first-order valence-corrected chi connectivity index (χ1v) is 8.43. The molecule has 1 aliphatic heterocycles. The van der Waals surface area contributed by atoms with Crippen molar-refractivity contribution in [1.29, 1.82) is 0 Å². The smallest absolute Gasteiger partial charge is 0.231 e. The molecule has 0 unspecified atom stereocenters. The third-order valence-electron chi connectivity index (χ3n) is 3.68. The summed E-state index contributed by atoms with van der Waals surface area (Å²) in [6.45, 7) is 6.99. The molecule has 0 bridgehead atoms. The number of anilines is 1. The molecule has 0 aromatic carbocycles. The van der Waals surface area contributed by atoms with Crippen molar-refractivity contribution in [3.05, 3.63) is 11.1 Å². The summed E-state index contributed by atoms with van der Waals surface area (Å²) in [7, 11) is 0. The summed E-state index contributed by atoms with van der Waals surface area (Å²) in [4.78, 5) is 30.3. The van der Waals surface area contributed by atoms with E-state index in [1.807, 2.05) is 31.1 Å². The second-order valence-corrected chi connectivity index (χ2v) is 7.60. The maximum absolute atomic E-state index is 12.2. The molecule has 1 fully saturated rings. The van der Waals surface area contributed by atoms with Crippen molar-refractivity contribution in [3.8, 4) is 0 Å². The Morgan fingerprint density at radius 1 is 1.41 bits per heavy atom. The SMILES string of the molecule is CC(C)(C)C(=O)Nc1nc(CC(=O)N2CCC(N)CC2)cs1. The lowest BCUT2D eigenvalue weighted by molar-refractivity contribution is -0.131. The Balaban J connectivity index is 1.89. The zero-order valence-corrected chi connectivity index (χ0v) is 14.2. The van der Waals surface area contributed by atoms with E-state index in [4.69, 9.17) is 5.73 Å². The van der Waals surface area contributed by atoms with Crippen LogP contribution in [-0.4, -0.2) is 40.8 Å². The maximum atomic E-state index is 12.2. The molecule has 6 nitrogen and oxygen atoms in total. The Labute approximate surface area is 135 Å². The Morgan fingerprint density at radius 3 is 2.64 bits per heavy atom. The van der Waals surface area contributed by atoms with Crippen molar-refractivity contribution in [2.24, 2.45) is 11.1 Å². The number of nitrogens with two attached hydrogens (primary N) is 1. The van der Waals surface area contributed by atoms with Gasteiger partial charge in [0.2, 0.25) is 11.8 Å². The highest BCUT2D eigenvalue weighted by Gasteiger charge is 2.23. The predicted molar refractivity (Wildman–Crippen MR) is 87.7 cm³/mol. The second kappa shape index (κ2) is 6.75. The lowest BCUT2D eigenvalue weighted by Gasteiger charge is -2.30. The van der Waals surface area contributed by atoms with Crippen LogP contribution in [0.3, 0.4) is 0 Å². The monoisotopic (exact) mass is 324 g/mol. The van der Waals surface area contributed by atoms with Gasteiger partial charge in [-0.25, -0.2) is 4.98 Å². The van der Waals surface area contributed by atoms with Gasteiger partial charge in [-0.05, 0) is 12.8 Å². The third kappa shape index (κ3) is 4.51. The number of amides is 2. The zero-order valence-electron chi connectivity index (χ0n) is 13.4. The minimum Gasteiger partial charge on any atom is -0.342 e. The number of carbonyl (C=O) groups excluding carboxylic acids is 2. The molecule has 0 saturated carbocycles. The van der Waals surface area contributed by atoms with Crippen LogP contribution in [-0.2, 0) is 16.0 Å². The van der Waals surface area contributed by atoms with E-state index in [-0.39, 0.29) is 24.3 Å². The first-order valence-electron chi connectivity index (χ1n) is 7.55. The Hall–Kier alpha value is -1.47. The average Bonchev–Trinajstić information content (AvgIpc) is 2.85. The van der Waals surface area contributed by atoms with Gasteiger partial charge in [-0.3, -0.25) is 9.59 Å². The number of nitrogens with one attached hydrogen (secondary N) is 1. The average molecular weight is 324 g/mol. The van der Waals surface area contributed by atoms with E-state index in [2.05, 4.69) is 10.3 Å². The van der Waals surface area contributed by atoms with E-state index < -0.39 is 5.41 Å². The van der Waals surface area contributed by atoms with Crippen molar-refractivity contribution >= 4 is 28.3 Å². The number of hydrogen-bond donors (Lipinski definition) is 2. The summed E-state index contributed by atoms with van der Waals surface area (Å²) in [5, 5.41) is 5.16. The molecule has 0 spiro atoms.